The van der Waals surface area contributed by atoms with E-state index < -0.39 is 84.3 Å². The number of benzene rings is 4. The van der Waals surface area contributed by atoms with E-state index in [1.54, 1.807) is 46.9 Å². The fourth-order valence-electron chi connectivity index (χ4n) is 14.8. The van der Waals surface area contributed by atoms with Crippen molar-refractivity contribution in [3.05, 3.63) is 200 Å². The minimum Gasteiger partial charge on any atom is -0.399 e. The maximum absolute atomic E-state index is 6.47. The molecule has 0 radical (unpaired) electrons. The van der Waals surface area contributed by atoms with Gasteiger partial charge in [-0.05, 0) is 305 Å². The van der Waals surface area contributed by atoms with Crippen LogP contribution in [0.15, 0.2) is 125 Å². The molecule has 0 spiro atoms. The van der Waals surface area contributed by atoms with Crippen LogP contribution in [0.25, 0.3) is 50.1 Å². The molecule has 10 aromatic rings. The van der Waals surface area contributed by atoms with E-state index in [9.17, 15) is 0 Å². The standard InChI is InChI=1S/C42H46S4.C28H44B2O4Si2.C16H21BrS2.C16H20Cl2Si2.C9H19BO3.C6H2Cl2I2.C5H10Si/c1-5-9-11-13-15-17-19-31-21-25-39(43-31)41-29-27-37(45-41)35-23-24-36(34(8-4)33(35)7-3)38-28-30-42(46-38)40-26-22-32(44-40)20-18-16-14-12-10-6-2;1-25(2)26(3,4)32-29(31-25)23-15-16-24(30-33-27(5,6)28(7,8)34-30)22(18-20-36(12,13)14)21(23)17-19-35(9,10)11;1-2-3-4-5-6-7-8-13-9-10-14(18-13)15-11-12-16(17)19-15;1-19(2,3)11-9-13-14(10-12-20(4,5)6)16(18)8-7-15(13)17;1-7(2)11-10-12-8(3,4)9(5,6)13-10;7-3-1-2-4(8)6(10)5(3)9;1-5-6(2,3)4/h3-4,21-30H,5-6,9-20H2,1-2H3;15-16H,1-14H3;9-12H,2-8H2,1H3;7-8H,1-6H3;7H,1-6H3;1-2H;1H,2-4H3. The number of aryl methyl sites for hydroxylation is 3. The highest BCUT2D eigenvalue weighted by Crippen LogP contribution is 2.47. The minimum absolute atomic E-state index is 0.120. The van der Waals surface area contributed by atoms with E-state index in [4.69, 9.17) is 98.3 Å². The summed E-state index contributed by atoms with van der Waals surface area (Å²) in [5.74, 6) is 19.4. The third-order valence-electron chi connectivity index (χ3n) is 25.5. The number of rotatable bonds is 30. The van der Waals surface area contributed by atoms with Gasteiger partial charge in [0, 0.05) is 100 Å². The quantitative estimate of drug-likeness (QED) is 0.0111. The maximum atomic E-state index is 6.47. The van der Waals surface area contributed by atoms with Crippen LogP contribution in [0.3, 0.4) is 0 Å². The number of unbranched alkanes of at least 4 members (excludes halogenated alkanes) is 15. The summed E-state index contributed by atoms with van der Waals surface area (Å²) >= 11 is 43.3. The van der Waals surface area contributed by atoms with Gasteiger partial charge in [-0.15, -0.1) is 115 Å². The molecule has 7 nitrogen and oxygen atoms in total. The van der Waals surface area contributed by atoms with Gasteiger partial charge in [-0.25, -0.2) is 0 Å². The van der Waals surface area contributed by atoms with Gasteiger partial charge in [0.15, 0.2) is 0 Å². The Kier molecular flexibility index (Phi) is 53.7. The van der Waals surface area contributed by atoms with Crippen molar-refractivity contribution in [2.75, 3.05) is 0 Å². The normalized spacial score (nSPS) is 14.9. The molecular weight excluding hydrogens is 2420 g/mol. The molecule has 3 fully saturated rings. The number of halogens is 7. The van der Waals surface area contributed by atoms with Crippen molar-refractivity contribution in [2.45, 2.75) is 390 Å². The highest BCUT2D eigenvalue weighted by molar-refractivity contribution is 14.1. The fraction of sp³-hybridized carbons (Fsp3) is 0.492. The van der Waals surface area contributed by atoms with Crippen LogP contribution >= 0.6 is 176 Å². The minimum atomic E-state index is -1.68. The largest absolute Gasteiger partial charge is 0.640 e. The Balaban J connectivity index is 0.000000258. The van der Waals surface area contributed by atoms with E-state index >= 15 is 0 Å². The molecule has 0 amide bonds. The van der Waals surface area contributed by atoms with Crippen molar-refractivity contribution < 1.29 is 32.6 Å². The molecule has 0 atom stereocenters. The summed E-state index contributed by atoms with van der Waals surface area (Å²) < 4.78 is 45.9. The average molecular weight is 2580 g/mol. The van der Waals surface area contributed by atoms with Crippen LogP contribution in [0, 0.1) is 89.7 Å². The summed E-state index contributed by atoms with van der Waals surface area (Å²) in [6.45, 7) is 68.5. The van der Waals surface area contributed by atoms with Gasteiger partial charge >= 0.3 is 21.6 Å². The highest BCUT2D eigenvalue weighted by atomic mass is 127. The molecule has 4 aromatic carbocycles. The Morgan fingerprint density at radius 3 is 0.847 bits per heavy atom. The number of hydrogen-bond donors (Lipinski definition) is 0. The Morgan fingerprint density at radius 2 is 0.573 bits per heavy atom. The summed E-state index contributed by atoms with van der Waals surface area (Å²) in [5, 5.41) is 2.77. The first kappa shape index (κ1) is 133. The number of terminal acetylenes is 3. The van der Waals surface area contributed by atoms with Crippen LogP contribution < -0.4 is 10.9 Å². The van der Waals surface area contributed by atoms with Gasteiger partial charge in [0.25, 0.3) is 0 Å². The fourth-order valence-corrected chi connectivity index (χ4v) is 25.6. The Hall–Kier alpha value is -3.90. The van der Waals surface area contributed by atoms with Gasteiger partial charge in [-0.2, -0.15) is 0 Å². The molecule has 0 aliphatic carbocycles. The average Bonchev–Trinajstić information content (AvgIpc) is 1.58. The topological polar surface area (TPSA) is 64.6 Å². The van der Waals surface area contributed by atoms with Crippen molar-refractivity contribution in [1.29, 1.82) is 0 Å². The smallest absolute Gasteiger partial charge is 0.399 e. The van der Waals surface area contributed by atoms with E-state index in [-0.39, 0.29) is 17.3 Å². The zero-order chi connectivity index (χ0) is 112. The van der Waals surface area contributed by atoms with Crippen molar-refractivity contribution in [3.63, 3.8) is 0 Å². The molecule has 0 N–H and O–H groups in total. The molecule has 0 unspecified atom stereocenters. The van der Waals surface area contributed by atoms with Crippen LogP contribution in [0.1, 0.15) is 281 Å². The predicted molar refractivity (Wildman–Crippen MR) is 704 cm³/mol. The third-order valence-corrected chi connectivity index (χ3v) is 42.9. The molecule has 806 valence electrons. The summed E-state index contributed by atoms with van der Waals surface area (Å²) in [7, 11) is -8.97. The molecule has 3 saturated heterocycles. The predicted octanol–water partition coefficient (Wildman–Crippen LogP) is 39.4. The van der Waals surface area contributed by atoms with Gasteiger partial charge in [0.2, 0.25) is 0 Å². The molecule has 13 rings (SSSR count). The van der Waals surface area contributed by atoms with E-state index in [1.165, 1.54) is 192 Å². The summed E-state index contributed by atoms with van der Waals surface area (Å²) in [4.78, 5) is 14.9. The summed E-state index contributed by atoms with van der Waals surface area (Å²) in [6, 6.07) is 42.6. The second-order valence-corrected chi connectivity index (χ2v) is 82.4. The van der Waals surface area contributed by atoms with Gasteiger partial charge in [0.1, 0.15) is 40.4 Å². The first-order valence-corrected chi connectivity index (χ1v) is 79.9. The van der Waals surface area contributed by atoms with Gasteiger partial charge in [0.05, 0.1) is 68.6 Å². The zero-order valence-corrected chi connectivity index (χ0v) is 114. The lowest BCUT2D eigenvalue weighted by Gasteiger charge is -2.32. The van der Waals surface area contributed by atoms with Crippen LogP contribution in [0.4, 0.5) is 0 Å². The van der Waals surface area contributed by atoms with Crippen molar-refractivity contribution >= 4 is 248 Å². The molecule has 6 aromatic heterocycles. The maximum Gasteiger partial charge on any atom is 0.640 e. The molecular formula is C122H162B3BrCl4I2O7S6Si5. The Bertz CT molecular complexity index is 6130. The number of thiophene rings is 6. The lowest BCUT2D eigenvalue weighted by Crippen LogP contribution is -2.42. The van der Waals surface area contributed by atoms with E-state index in [0.29, 0.717) is 10.0 Å². The third kappa shape index (κ3) is 43.0. The van der Waals surface area contributed by atoms with E-state index in [2.05, 4.69) is 396 Å². The molecule has 3 aliphatic heterocycles. The summed E-state index contributed by atoms with van der Waals surface area (Å²) in [5.41, 5.74) is 23.0. The molecule has 0 saturated carbocycles. The first-order valence-electron chi connectivity index (χ1n) is 53.0. The Morgan fingerprint density at radius 1 is 0.320 bits per heavy atom. The molecule has 3 aliphatic rings. The SMILES string of the molecule is C#C[Si](C)(C)C.C#Cc1c(-c2ccc(-c3ccc(CCCCCCCC)s3)s2)ccc(-c2ccc(-c3ccc(CCCCCCCC)s3)s2)c1C#C.CC(C)OB1OC(C)(C)C(C)(C)O1.CC1(C)OB(c2ccc(B3OC(C)(C)C(C)(C)O3)c(C#C[Si](C)(C)C)c2C#C[Si](C)(C)C)OC1(C)C.CCCCCCCCc1ccc(-c2ccc(Br)s2)s1.C[Si](C)(C)C#Cc1c(Cl)ccc(Cl)c1C#C[Si](C)(C)C.Clc1ccc(Cl)c(I)c1I. The van der Waals surface area contributed by atoms with E-state index in [0.717, 1.165) is 72.6 Å². The van der Waals surface area contributed by atoms with Crippen LogP contribution in [-0.2, 0) is 51.8 Å². The second-order valence-electron chi connectivity index (χ2n) is 46.7. The Labute approximate surface area is 993 Å². The molecule has 9 heterocycles. The lowest BCUT2D eigenvalue weighted by atomic mass is 9.68. The first-order chi connectivity index (χ1) is 69.9. The van der Waals surface area contributed by atoms with Gasteiger partial charge in [-0.1, -0.05) is 321 Å². The van der Waals surface area contributed by atoms with Gasteiger partial charge < -0.3 is 32.6 Å². The van der Waals surface area contributed by atoms with Crippen molar-refractivity contribution in [3.8, 4) is 133 Å². The zero-order valence-electron chi connectivity index (χ0n) is 95.4. The van der Waals surface area contributed by atoms with Crippen molar-refractivity contribution in [2.24, 2.45) is 0 Å². The van der Waals surface area contributed by atoms with Crippen LogP contribution in [-0.4, -0.2) is 102 Å². The summed E-state index contributed by atoms with van der Waals surface area (Å²) in [6.07, 6.45) is 45.5. The highest BCUT2D eigenvalue weighted by Gasteiger charge is 2.56. The van der Waals surface area contributed by atoms with Crippen LogP contribution in [0.2, 0.25) is 118 Å². The molecule has 28 heteroatoms. The second kappa shape index (κ2) is 60.5. The van der Waals surface area contributed by atoms with Crippen LogP contribution in [0.5, 0.6) is 0 Å². The van der Waals surface area contributed by atoms with Crippen molar-refractivity contribution in [1.82, 2.24) is 0 Å². The monoisotopic (exact) mass is 2580 g/mol. The molecule has 150 heavy (non-hydrogen) atoms. The van der Waals surface area contributed by atoms with E-state index in [1.807, 2.05) is 86.9 Å². The number of hydrogen-bond acceptors (Lipinski definition) is 13. The lowest BCUT2D eigenvalue weighted by molar-refractivity contribution is 0.00578. The molecule has 0 bridgehead atoms. The van der Waals surface area contributed by atoms with Gasteiger partial charge in [-0.3, -0.25) is 0 Å².